The lowest BCUT2D eigenvalue weighted by molar-refractivity contribution is 0.187. The highest BCUT2D eigenvalue weighted by atomic mass is 32.1. The molecule has 0 unspecified atom stereocenters. The highest BCUT2D eigenvalue weighted by Crippen LogP contribution is 2.14. The van der Waals surface area contributed by atoms with Crippen LogP contribution in [0.1, 0.15) is 38.4 Å². The fourth-order valence-corrected chi connectivity index (χ4v) is 2.32. The number of hydrogen-bond acceptors (Lipinski definition) is 4. The molecule has 92 valence electrons. The Kier molecular flexibility index (Phi) is 5.38. The second-order valence-electron chi connectivity index (χ2n) is 4.85. The fraction of sp³-hybridized carbons (Fsp3) is 0.750. The molecule has 0 aromatic carbocycles. The van der Waals surface area contributed by atoms with Gasteiger partial charge in [-0.3, -0.25) is 4.90 Å². The third-order valence-electron chi connectivity index (χ3n) is 2.47. The molecule has 0 bridgehead atoms. The summed E-state index contributed by atoms with van der Waals surface area (Å²) in [5.74, 6) is 0.690. The molecule has 4 heteroatoms. The first-order valence-electron chi connectivity index (χ1n) is 5.90. The van der Waals surface area contributed by atoms with Crippen LogP contribution in [0, 0.1) is 5.92 Å². The first-order valence-corrected chi connectivity index (χ1v) is 6.78. The summed E-state index contributed by atoms with van der Waals surface area (Å²) in [7, 11) is 0. The molecule has 0 saturated carbocycles. The summed E-state index contributed by atoms with van der Waals surface area (Å²) in [5, 5.41) is 3.15. The van der Waals surface area contributed by atoms with Crippen molar-refractivity contribution in [3.63, 3.8) is 0 Å². The summed E-state index contributed by atoms with van der Waals surface area (Å²) < 4.78 is 0. The molecule has 0 amide bonds. The Hall–Kier alpha value is -0.450. The van der Waals surface area contributed by atoms with Crippen LogP contribution < -0.4 is 5.73 Å². The minimum Gasteiger partial charge on any atom is -0.325 e. The Bertz CT molecular complexity index is 307. The van der Waals surface area contributed by atoms with Gasteiger partial charge in [0, 0.05) is 31.1 Å². The van der Waals surface area contributed by atoms with Gasteiger partial charge in [0.1, 0.15) is 5.01 Å². The van der Waals surface area contributed by atoms with E-state index < -0.39 is 0 Å². The molecule has 1 rings (SSSR count). The van der Waals surface area contributed by atoms with E-state index in [1.165, 1.54) is 0 Å². The van der Waals surface area contributed by atoms with E-state index in [4.69, 9.17) is 5.73 Å². The monoisotopic (exact) mass is 241 g/mol. The van der Waals surface area contributed by atoms with Crippen molar-refractivity contribution in [1.82, 2.24) is 9.88 Å². The maximum atomic E-state index is 5.57. The van der Waals surface area contributed by atoms with Crippen molar-refractivity contribution in [3.8, 4) is 0 Å². The predicted octanol–water partition coefficient (Wildman–Crippen LogP) is 2.47. The van der Waals surface area contributed by atoms with Gasteiger partial charge in [0.25, 0.3) is 0 Å². The minimum atomic E-state index is 0.552. The van der Waals surface area contributed by atoms with E-state index in [1.807, 2.05) is 0 Å². The zero-order chi connectivity index (χ0) is 12.1. The van der Waals surface area contributed by atoms with Crippen LogP contribution in [0.4, 0.5) is 0 Å². The molecular weight excluding hydrogens is 218 g/mol. The topological polar surface area (TPSA) is 42.1 Å². The Labute approximate surface area is 103 Å². The van der Waals surface area contributed by atoms with Gasteiger partial charge < -0.3 is 5.73 Å². The van der Waals surface area contributed by atoms with Gasteiger partial charge in [-0.2, -0.15) is 0 Å². The first-order chi connectivity index (χ1) is 7.52. The molecule has 0 fully saturated rings. The maximum absolute atomic E-state index is 5.57. The van der Waals surface area contributed by atoms with Crippen molar-refractivity contribution in [2.45, 2.75) is 46.8 Å². The third kappa shape index (κ3) is 4.20. The molecule has 2 N–H and O–H groups in total. The Morgan fingerprint density at radius 3 is 2.50 bits per heavy atom. The van der Waals surface area contributed by atoms with Gasteiger partial charge in [0.05, 0.1) is 5.69 Å². The highest BCUT2D eigenvalue weighted by Gasteiger charge is 2.13. The van der Waals surface area contributed by atoms with Crippen LogP contribution in [0.5, 0.6) is 0 Å². The van der Waals surface area contributed by atoms with Crippen molar-refractivity contribution in [2.75, 3.05) is 6.54 Å². The van der Waals surface area contributed by atoms with Crippen LogP contribution in [0.25, 0.3) is 0 Å². The average molecular weight is 241 g/mol. The van der Waals surface area contributed by atoms with Crippen molar-refractivity contribution in [1.29, 1.82) is 0 Å². The van der Waals surface area contributed by atoms with Crippen LogP contribution in [0.2, 0.25) is 0 Å². The highest BCUT2D eigenvalue weighted by molar-refractivity contribution is 7.09. The summed E-state index contributed by atoms with van der Waals surface area (Å²) in [4.78, 5) is 6.97. The normalized spacial score (nSPS) is 12.0. The zero-order valence-electron chi connectivity index (χ0n) is 10.7. The smallest absolute Gasteiger partial charge is 0.106 e. The minimum absolute atomic E-state index is 0.552. The molecule has 0 radical (unpaired) electrons. The van der Waals surface area contributed by atoms with Gasteiger partial charge in [0.15, 0.2) is 0 Å². The van der Waals surface area contributed by atoms with Gasteiger partial charge in [-0.15, -0.1) is 11.3 Å². The second-order valence-corrected chi connectivity index (χ2v) is 5.80. The van der Waals surface area contributed by atoms with Crippen LogP contribution in [0.15, 0.2) is 5.38 Å². The number of aromatic nitrogens is 1. The van der Waals surface area contributed by atoms with E-state index in [2.05, 4.69) is 43.0 Å². The zero-order valence-corrected chi connectivity index (χ0v) is 11.5. The number of nitrogens with zero attached hydrogens (tertiary/aromatic N) is 2. The SMILES string of the molecule is CC(C)CN(Cc1csc(CN)n1)C(C)C. The lowest BCUT2D eigenvalue weighted by Gasteiger charge is -2.27. The molecule has 1 aromatic heterocycles. The van der Waals surface area contributed by atoms with Crippen molar-refractivity contribution in [2.24, 2.45) is 11.7 Å². The first kappa shape index (κ1) is 13.6. The molecule has 0 aliphatic carbocycles. The Morgan fingerprint density at radius 2 is 2.06 bits per heavy atom. The van der Waals surface area contributed by atoms with E-state index >= 15 is 0 Å². The molecule has 0 saturated heterocycles. The lowest BCUT2D eigenvalue weighted by Crippen LogP contribution is -2.33. The molecule has 0 aliphatic heterocycles. The second kappa shape index (κ2) is 6.33. The number of thiazole rings is 1. The average Bonchev–Trinajstić information content (AvgIpc) is 2.63. The lowest BCUT2D eigenvalue weighted by atomic mass is 10.1. The summed E-state index contributed by atoms with van der Waals surface area (Å²) in [5.41, 5.74) is 6.72. The largest absolute Gasteiger partial charge is 0.325 e. The summed E-state index contributed by atoms with van der Waals surface area (Å²) >= 11 is 1.66. The van der Waals surface area contributed by atoms with Crippen LogP contribution in [0.3, 0.4) is 0 Å². The molecule has 0 spiro atoms. The molecule has 0 aliphatic rings. The quantitative estimate of drug-likeness (QED) is 0.832. The standard InChI is InChI=1S/C12H23N3S/c1-9(2)6-15(10(3)4)7-11-8-16-12(5-13)14-11/h8-10H,5-7,13H2,1-4H3. The van der Waals surface area contributed by atoms with Crippen molar-refractivity contribution in [3.05, 3.63) is 16.1 Å². The molecule has 16 heavy (non-hydrogen) atoms. The summed E-state index contributed by atoms with van der Waals surface area (Å²) in [6.45, 7) is 11.6. The van der Waals surface area contributed by atoms with Crippen molar-refractivity contribution >= 4 is 11.3 Å². The van der Waals surface area contributed by atoms with Crippen molar-refractivity contribution < 1.29 is 0 Å². The summed E-state index contributed by atoms with van der Waals surface area (Å²) in [6, 6.07) is 0.561. The van der Waals surface area contributed by atoms with E-state index in [-0.39, 0.29) is 0 Å². The van der Waals surface area contributed by atoms with E-state index in [9.17, 15) is 0 Å². The molecule has 3 nitrogen and oxygen atoms in total. The predicted molar refractivity (Wildman–Crippen MR) is 70.4 cm³/mol. The van der Waals surface area contributed by atoms with Gasteiger partial charge >= 0.3 is 0 Å². The molecular formula is C12H23N3S. The summed E-state index contributed by atoms with van der Waals surface area (Å²) in [6.07, 6.45) is 0. The third-order valence-corrected chi connectivity index (χ3v) is 3.39. The van der Waals surface area contributed by atoms with Gasteiger partial charge in [-0.1, -0.05) is 13.8 Å². The maximum Gasteiger partial charge on any atom is 0.106 e. The number of hydrogen-bond donors (Lipinski definition) is 1. The van der Waals surface area contributed by atoms with Gasteiger partial charge in [-0.05, 0) is 19.8 Å². The van der Waals surface area contributed by atoms with Crippen LogP contribution in [-0.4, -0.2) is 22.5 Å². The van der Waals surface area contributed by atoms with E-state index in [1.54, 1.807) is 11.3 Å². The van der Waals surface area contributed by atoms with Gasteiger partial charge in [0.2, 0.25) is 0 Å². The molecule has 0 atom stereocenters. The number of rotatable bonds is 6. The van der Waals surface area contributed by atoms with Crippen LogP contribution >= 0.6 is 11.3 Å². The fourth-order valence-electron chi connectivity index (χ4n) is 1.65. The Balaban J connectivity index is 2.60. The number of nitrogens with two attached hydrogens (primary N) is 1. The van der Waals surface area contributed by atoms with Gasteiger partial charge in [-0.25, -0.2) is 4.98 Å². The molecule has 1 heterocycles. The van der Waals surface area contributed by atoms with Crippen LogP contribution in [-0.2, 0) is 13.1 Å². The van der Waals surface area contributed by atoms with E-state index in [0.29, 0.717) is 18.5 Å². The van der Waals surface area contributed by atoms with E-state index in [0.717, 1.165) is 23.8 Å². The molecule has 1 aromatic rings. The Morgan fingerprint density at radius 1 is 1.38 bits per heavy atom.